The maximum atomic E-state index is 12.1. The van der Waals surface area contributed by atoms with Gasteiger partial charge in [-0.2, -0.15) is 0 Å². The Labute approximate surface area is 125 Å². The van der Waals surface area contributed by atoms with Crippen molar-refractivity contribution in [2.75, 3.05) is 0 Å². The lowest BCUT2D eigenvalue weighted by molar-refractivity contribution is -0.384. The smallest absolute Gasteiger partial charge is 0.258 e. The Hall–Kier alpha value is -2.03. The number of non-ortho nitro benzene ring substituents is 1. The van der Waals surface area contributed by atoms with Crippen LogP contribution in [0.5, 0.6) is 0 Å². The topological polar surface area (TPSA) is 102 Å². The van der Waals surface area contributed by atoms with E-state index in [9.17, 15) is 18.5 Å². The summed E-state index contributed by atoms with van der Waals surface area (Å²) in [6.07, 6.45) is 1.39. The molecular weight excluding hydrogens is 318 g/mol. The highest BCUT2D eigenvalue weighted by Crippen LogP contribution is 2.18. The quantitative estimate of drug-likeness (QED) is 0.515. The number of hydrogen-bond donors (Lipinski definition) is 1. The summed E-state index contributed by atoms with van der Waals surface area (Å²) in [6, 6.07) is 8.37. The van der Waals surface area contributed by atoms with E-state index in [2.05, 4.69) is 9.71 Å². The van der Waals surface area contributed by atoms with E-state index in [1.54, 1.807) is 0 Å². The predicted molar refractivity (Wildman–Crippen MR) is 76.4 cm³/mol. The second-order valence-electron chi connectivity index (χ2n) is 4.04. The second-order valence-corrected chi connectivity index (χ2v) is 6.13. The summed E-state index contributed by atoms with van der Waals surface area (Å²) >= 11 is 5.74. The summed E-state index contributed by atoms with van der Waals surface area (Å²) in [7, 11) is -3.79. The second kappa shape index (κ2) is 6.17. The van der Waals surface area contributed by atoms with Gasteiger partial charge >= 0.3 is 0 Å². The maximum Gasteiger partial charge on any atom is 0.269 e. The van der Waals surface area contributed by atoms with Crippen LogP contribution >= 0.6 is 11.6 Å². The molecule has 0 saturated heterocycles. The Morgan fingerprint density at radius 3 is 2.48 bits per heavy atom. The Morgan fingerprint density at radius 2 is 1.90 bits per heavy atom. The number of pyridine rings is 1. The van der Waals surface area contributed by atoms with Gasteiger partial charge in [-0.1, -0.05) is 23.7 Å². The number of halogens is 1. The van der Waals surface area contributed by atoms with Crippen LogP contribution < -0.4 is 4.72 Å². The molecule has 21 heavy (non-hydrogen) atoms. The van der Waals surface area contributed by atoms with Crippen LogP contribution in [0.3, 0.4) is 0 Å². The molecule has 0 amide bonds. The van der Waals surface area contributed by atoms with Crippen LogP contribution in [0.4, 0.5) is 5.69 Å². The van der Waals surface area contributed by atoms with E-state index in [1.807, 2.05) is 0 Å². The fourth-order valence-electron chi connectivity index (χ4n) is 1.56. The Bertz CT molecular complexity index is 762. The highest BCUT2D eigenvalue weighted by atomic mass is 35.5. The van der Waals surface area contributed by atoms with Crippen LogP contribution in [-0.2, 0) is 16.6 Å². The monoisotopic (exact) mass is 327 g/mol. The van der Waals surface area contributed by atoms with Crippen LogP contribution in [0.1, 0.15) is 5.56 Å². The molecule has 1 N–H and O–H groups in total. The minimum absolute atomic E-state index is 0.00838. The fraction of sp³-hybridized carbons (Fsp3) is 0.0833. The van der Waals surface area contributed by atoms with Gasteiger partial charge in [-0.3, -0.25) is 10.1 Å². The first kappa shape index (κ1) is 15.4. The van der Waals surface area contributed by atoms with E-state index >= 15 is 0 Å². The average molecular weight is 328 g/mol. The minimum Gasteiger partial charge on any atom is -0.258 e. The normalized spacial score (nSPS) is 11.3. The van der Waals surface area contributed by atoms with Gasteiger partial charge in [0.15, 0.2) is 0 Å². The van der Waals surface area contributed by atoms with Crippen molar-refractivity contribution in [3.8, 4) is 0 Å². The largest absolute Gasteiger partial charge is 0.269 e. The molecule has 0 aliphatic heterocycles. The highest BCUT2D eigenvalue weighted by molar-refractivity contribution is 7.89. The third-order valence-corrected chi connectivity index (χ3v) is 4.47. The molecule has 0 fully saturated rings. The molecule has 2 aromatic rings. The third-order valence-electron chi connectivity index (χ3n) is 2.63. The van der Waals surface area contributed by atoms with Crippen molar-refractivity contribution in [1.82, 2.24) is 9.71 Å². The number of nitro groups is 1. The molecule has 0 spiro atoms. The van der Waals surface area contributed by atoms with E-state index in [4.69, 9.17) is 11.6 Å². The molecular formula is C12H10ClN3O4S. The Kier molecular flexibility index (Phi) is 4.51. The van der Waals surface area contributed by atoms with Gasteiger partial charge in [-0.05, 0) is 17.7 Å². The van der Waals surface area contributed by atoms with Gasteiger partial charge in [0, 0.05) is 24.9 Å². The number of nitrogens with one attached hydrogen (secondary N) is 1. The minimum atomic E-state index is -3.79. The van der Waals surface area contributed by atoms with Crippen LogP contribution in [-0.4, -0.2) is 18.3 Å². The van der Waals surface area contributed by atoms with E-state index < -0.39 is 14.9 Å². The molecule has 0 bridgehead atoms. The van der Waals surface area contributed by atoms with Crippen LogP contribution in [0, 0.1) is 10.1 Å². The molecule has 0 radical (unpaired) electrons. The van der Waals surface area contributed by atoms with E-state index in [0.29, 0.717) is 5.56 Å². The number of rotatable bonds is 5. The Balaban J connectivity index is 2.12. The lowest BCUT2D eigenvalue weighted by Gasteiger charge is -2.07. The summed E-state index contributed by atoms with van der Waals surface area (Å²) in [6.45, 7) is -0.00838. The van der Waals surface area contributed by atoms with Gasteiger partial charge in [0.05, 0.1) is 4.92 Å². The zero-order valence-corrected chi connectivity index (χ0v) is 12.1. The van der Waals surface area contributed by atoms with Crippen LogP contribution in [0.15, 0.2) is 47.5 Å². The lowest BCUT2D eigenvalue weighted by atomic mass is 10.2. The van der Waals surface area contributed by atoms with Crippen molar-refractivity contribution in [3.63, 3.8) is 0 Å². The zero-order valence-electron chi connectivity index (χ0n) is 10.6. The van der Waals surface area contributed by atoms with Crippen molar-refractivity contribution in [2.45, 2.75) is 11.4 Å². The molecule has 0 aliphatic carbocycles. The first-order chi connectivity index (χ1) is 9.90. The number of hydrogen-bond acceptors (Lipinski definition) is 5. The molecule has 9 heteroatoms. The first-order valence-corrected chi connectivity index (χ1v) is 7.60. The lowest BCUT2D eigenvalue weighted by Crippen LogP contribution is -2.23. The number of nitro benzene ring substituents is 1. The standard InChI is InChI=1S/C12H10ClN3O4S/c13-12-11(2-1-7-14-12)21(19,20)15-8-9-3-5-10(6-4-9)16(17)18/h1-7,15H,8H2. The molecule has 2 rings (SSSR count). The summed E-state index contributed by atoms with van der Waals surface area (Å²) in [5, 5.41) is 10.4. The molecule has 0 atom stereocenters. The van der Waals surface area contributed by atoms with Crippen molar-refractivity contribution in [3.05, 3.63) is 63.4 Å². The van der Waals surface area contributed by atoms with E-state index in [0.717, 1.165) is 0 Å². The summed E-state index contributed by atoms with van der Waals surface area (Å²) in [4.78, 5) is 13.6. The van der Waals surface area contributed by atoms with E-state index in [-0.39, 0.29) is 22.3 Å². The SMILES string of the molecule is O=[N+]([O-])c1ccc(CNS(=O)(=O)c2cccnc2Cl)cc1. The summed E-state index contributed by atoms with van der Waals surface area (Å²) in [5.74, 6) is 0. The molecule has 7 nitrogen and oxygen atoms in total. The van der Waals surface area contributed by atoms with Gasteiger partial charge in [0.1, 0.15) is 10.0 Å². The van der Waals surface area contributed by atoms with Crippen molar-refractivity contribution in [1.29, 1.82) is 0 Å². The van der Waals surface area contributed by atoms with Crippen LogP contribution in [0.2, 0.25) is 5.15 Å². The molecule has 0 unspecified atom stereocenters. The summed E-state index contributed by atoms with van der Waals surface area (Å²) in [5.41, 5.74) is 0.529. The van der Waals surface area contributed by atoms with Crippen molar-refractivity contribution >= 4 is 27.3 Å². The maximum absolute atomic E-state index is 12.1. The predicted octanol–water partition coefficient (Wildman–Crippen LogP) is 2.12. The number of aromatic nitrogens is 1. The average Bonchev–Trinajstić information content (AvgIpc) is 2.46. The fourth-order valence-corrected chi connectivity index (χ4v) is 3.03. The zero-order chi connectivity index (χ0) is 15.5. The van der Waals surface area contributed by atoms with Gasteiger partial charge in [0.2, 0.25) is 10.0 Å². The van der Waals surface area contributed by atoms with Gasteiger partial charge < -0.3 is 0 Å². The molecule has 0 saturated carbocycles. The number of benzene rings is 1. The van der Waals surface area contributed by atoms with Crippen LogP contribution in [0.25, 0.3) is 0 Å². The highest BCUT2D eigenvalue weighted by Gasteiger charge is 2.18. The first-order valence-electron chi connectivity index (χ1n) is 5.73. The van der Waals surface area contributed by atoms with Crippen molar-refractivity contribution in [2.24, 2.45) is 0 Å². The third kappa shape index (κ3) is 3.75. The molecule has 110 valence electrons. The van der Waals surface area contributed by atoms with Crippen molar-refractivity contribution < 1.29 is 13.3 Å². The number of sulfonamides is 1. The van der Waals surface area contributed by atoms with E-state index in [1.165, 1.54) is 42.6 Å². The molecule has 1 aromatic heterocycles. The van der Waals surface area contributed by atoms with Gasteiger partial charge in [0.25, 0.3) is 5.69 Å². The molecule has 1 aromatic carbocycles. The Morgan fingerprint density at radius 1 is 1.24 bits per heavy atom. The molecule has 1 heterocycles. The molecule has 0 aliphatic rings. The summed E-state index contributed by atoms with van der Waals surface area (Å²) < 4.78 is 26.5. The van der Waals surface area contributed by atoms with Gasteiger partial charge in [-0.15, -0.1) is 0 Å². The van der Waals surface area contributed by atoms with Gasteiger partial charge in [-0.25, -0.2) is 18.1 Å². The number of nitrogens with zero attached hydrogens (tertiary/aromatic N) is 2.